The van der Waals surface area contributed by atoms with Crippen LogP contribution in [0.15, 0.2) is 36.5 Å². The second-order valence-electron chi connectivity index (χ2n) is 4.42. The van der Waals surface area contributed by atoms with Crippen LogP contribution in [-0.4, -0.2) is 16.1 Å². The van der Waals surface area contributed by atoms with E-state index in [1.54, 1.807) is 6.20 Å². The minimum Gasteiger partial charge on any atom is -0.481 e. The molecule has 0 unspecified atom stereocenters. The lowest BCUT2D eigenvalue weighted by atomic mass is 10.0. The molecule has 1 heterocycles. The predicted octanol–water partition coefficient (Wildman–Crippen LogP) is 2.99. The van der Waals surface area contributed by atoms with Gasteiger partial charge in [-0.1, -0.05) is 18.2 Å². The highest BCUT2D eigenvalue weighted by Crippen LogP contribution is 2.20. The molecule has 0 amide bonds. The van der Waals surface area contributed by atoms with Crippen molar-refractivity contribution < 1.29 is 9.90 Å². The Hall–Kier alpha value is -2.16. The number of pyridine rings is 1. The number of aromatic nitrogens is 1. The van der Waals surface area contributed by atoms with E-state index < -0.39 is 5.97 Å². The molecular weight excluding hydrogens is 226 g/mol. The molecule has 1 aromatic carbocycles. The van der Waals surface area contributed by atoms with Crippen molar-refractivity contribution in [3.05, 3.63) is 53.2 Å². The smallest absolute Gasteiger partial charge is 0.307 e. The molecule has 0 aliphatic rings. The largest absolute Gasteiger partial charge is 0.481 e. The summed E-state index contributed by atoms with van der Waals surface area (Å²) in [6, 6.07) is 9.86. The summed E-state index contributed by atoms with van der Waals surface area (Å²) in [5.74, 6) is -0.837. The average Bonchev–Trinajstić information content (AvgIpc) is 2.33. The van der Waals surface area contributed by atoms with Crippen molar-refractivity contribution in [1.29, 1.82) is 0 Å². The van der Waals surface area contributed by atoms with Gasteiger partial charge in [-0.2, -0.15) is 0 Å². The SMILES string of the molecule is Cc1ccc(-c2ccc(CC(=O)O)cn2)cc1C. The van der Waals surface area contributed by atoms with E-state index in [0.717, 1.165) is 16.8 Å². The molecule has 0 saturated heterocycles. The van der Waals surface area contributed by atoms with Crippen molar-refractivity contribution in [2.75, 3.05) is 0 Å². The number of hydrogen-bond acceptors (Lipinski definition) is 2. The summed E-state index contributed by atoms with van der Waals surface area (Å²) in [6.07, 6.45) is 1.64. The molecule has 2 rings (SSSR count). The number of nitrogens with zero attached hydrogens (tertiary/aromatic N) is 1. The van der Waals surface area contributed by atoms with E-state index in [-0.39, 0.29) is 6.42 Å². The van der Waals surface area contributed by atoms with Gasteiger partial charge in [0, 0.05) is 11.8 Å². The molecule has 92 valence electrons. The molecule has 0 aliphatic heterocycles. The van der Waals surface area contributed by atoms with Crippen molar-refractivity contribution in [2.45, 2.75) is 20.3 Å². The number of benzene rings is 1. The third kappa shape index (κ3) is 2.74. The molecule has 0 radical (unpaired) electrons. The highest BCUT2D eigenvalue weighted by molar-refractivity contribution is 5.70. The lowest BCUT2D eigenvalue weighted by Gasteiger charge is -2.05. The van der Waals surface area contributed by atoms with Gasteiger partial charge in [0.2, 0.25) is 0 Å². The van der Waals surface area contributed by atoms with Crippen molar-refractivity contribution in [1.82, 2.24) is 4.98 Å². The van der Waals surface area contributed by atoms with E-state index in [1.807, 2.05) is 18.2 Å². The molecule has 18 heavy (non-hydrogen) atoms. The Morgan fingerprint density at radius 3 is 2.50 bits per heavy atom. The van der Waals surface area contributed by atoms with E-state index in [1.165, 1.54) is 11.1 Å². The Morgan fingerprint density at radius 2 is 1.94 bits per heavy atom. The fourth-order valence-corrected chi connectivity index (χ4v) is 1.78. The van der Waals surface area contributed by atoms with Crippen molar-refractivity contribution >= 4 is 5.97 Å². The molecule has 2 aromatic rings. The maximum absolute atomic E-state index is 10.6. The molecule has 0 aliphatic carbocycles. The highest BCUT2D eigenvalue weighted by Gasteiger charge is 2.04. The van der Waals surface area contributed by atoms with Crippen LogP contribution in [0.3, 0.4) is 0 Å². The first-order chi connectivity index (χ1) is 8.56. The fourth-order valence-electron chi connectivity index (χ4n) is 1.78. The van der Waals surface area contributed by atoms with Gasteiger partial charge in [-0.3, -0.25) is 9.78 Å². The number of carboxylic acids is 1. The quantitative estimate of drug-likeness (QED) is 0.898. The molecule has 0 fully saturated rings. The molecular formula is C15H15NO2. The number of aryl methyl sites for hydroxylation is 2. The highest BCUT2D eigenvalue weighted by atomic mass is 16.4. The Balaban J connectivity index is 2.28. The van der Waals surface area contributed by atoms with Crippen molar-refractivity contribution in [2.24, 2.45) is 0 Å². The number of carboxylic acid groups (broad SMARTS) is 1. The Bertz CT molecular complexity index is 574. The number of rotatable bonds is 3. The molecule has 0 spiro atoms. The van der Waals surface area contributed by atoms with Crippen LogP contribution in [0.25, 0.3) is 11.3 Å². The molecule has 0 saturated carbocycles. The number of carbonyl (C=O) groups is 1. The summed E-state index contributed by atoms with van der Waals surface area (Å²) < 4.78 is 0. The summed E-state index contributed by atoms with van der Waals surface area (Å²) in [6.45, 7) is 4.14. The van der Waals surface area contributed by atoms with Crippen LogP contribution in [0.1, 0.15) is 16.7 Å². The zero-order valence-corrected chi connectivity index (χ0v) is 10.5. The monoisotopic (exact) mass is 241 g/mol. The van der Waals surface area contributed by atoms with Gasteiger partial charge in [-0.05, 0) is 42.7 Å². The first kappa shape index (κ1) is 12.3. The molecule has 3 heteroatoms. The van der Waals surface area contributed by atoms with Crippen LogP contribution in [0, 0.1) is 13.8 Å². The second kappa shape index (κ2) is 5.00. The van der Waals surface area contributed by atoms with Gasteiger partial charge in [0.25, 0.3) is 0 Å². The van der Waals surface area contributed by atoms with E-state index >= 15 is 0 Å². The van der Waals surface area contributed by atoms with Gasteiger partial charge in [0.05, 0.1) is 12.1 Å². The van der Waals surface area contributed by atoms with E-state index in [0.29, 0.717) is 0 Å². The van der Waals surface area contributed by atoms with Crippen LogP contribution in [0.2, 0.25) is 0 Å². The van der Waals surface area contributed by atoms with Crippen LogP contribution in [-0.2, 0) is 11.2 Å². The summed E-state index contributed by atoms with van der Waals surface area (Å²) in [7, 11) is 0. The number of hydrogen-bond donors (Lipinski definition) is 1. The van der Waals surface area contributed by atoms with Crippen LogP contribution >= 0.6 is 0 Å². The van der Waals surface area contributed by atoms with Crippen LogP contribution in [0.5, 0.6) is 0 Å². The third-order valence-electron chi connectivity index (χ3n) is 2.98. The van der Waals surface area contributed by atoms with Gasteiger partial charge in [0.1, 0.15) is 0 Å². The average molecular weight is 241 g/mol. The molecule has 3 nitrogen and oxygen atoms in total. The normalized spacial score (nSPS) is 10.3. The fraction of sp³-hybridized carbons (Fsp3) is 0.200. The van der Waals surface area contributed by atoms with E-state index in [4.69, 9.17) is 5.11 Å². The number of aliphatic carboxylic acids is 1. The van der Waals surface area contributed by atoms with Gasteiger partial charge in [-0.15, -0.1) is 0 Å². The van der Waals surface area contributed by atoms with Crippen LogP contribution < -0.4 is 0 Å². The summed E-state index contributed by atoms with van der Waals surface area (Å²) in [4.78, 5) is 14.9. The summed E-state index contributed by atoms with van der Waals surface area (Å²) in [5.41, 5.74) is 5.12. The van der Waals surface area contributed by atoms with Gasteiger partial charge < -0.3 is 5.11 Å². The second-order valence-corrected chi connectivity index (χ2v) is 4.42. The van der Waals surface area contributed by atoms with E-state index in [2.05, 4.69) is 31.0 Å². The zero-order chi connectivity index (χ0) is 13.1. The lowest BCUT2D eigenvalue weighted by molar-refractivity contribution is -0.136. The van der Waals surface area contributed by atoms with Crippen LogP contribution in [0.4, 0.5) is 0 Å². The minimum atomic E-state index is -0.837. The van der Waals surface area contributed by atoms with E-state index in [9.17, 15) is 4.79 Å². The van der Waals surface area contributed by atoms with Crippen molar-refractivity contribution in [3.8, 4) is 11.3 Å². The topological polar surface area (TPSA) is 50.2 Å². The summed E-state index contributed by atoms with van der Waals surface area (Å²) >= 11 is 0. The molecule has 0 atom stereocenters. The summed E-state index contributed by atoms with van der Waals surface area (Å²) in [5, 5.41) is 8.69. The molecule has 1 N–H and O–H groups in total. The standard InChI is InChI=1S/C15H15NO2/c1-10-3-5-13(7-11(10)2)14-6-4-12(9-16-14)8-15(17)18/h3-7,9H,8H2,1-2H3,(H,17,18). The van der Waals surface area contributed by atoms with Gasteiger partial charge in [-0.25, -0.2) is 0 Å². The zero-order valence-electron chi connectivity index (χ0n) is 10.5. The Kier molecular flexibility index (Phi) is 3.42. The Labute approximate surface area is 106 Å². The maximum Gasteiger partial charge on any atom is 0.307 e. The first-order valence-electron chi connectivity index (χ1n) is 5.80. The Morgan fingerprint density at radius 1 is 1.17 bits per heavy atom. The van der Waals surface area contributed by atoms with Crippen molar-refractivity contribution in [3.63, 3.8) is 0 Å². The third-order valence-corrected chi connectivity index (χ3v) is 2.98. The molecule has 0 bridgehead atoms. The molecule has 1 aromatic heterocycles. The van der Waals surface area contributed by atoms with Gasteiger partial charge in [0.15, 0.2) is 0 Å². The minimum absolute atomic E-state index is 0.0141. The van der Waals surface area contributed by atoms with Gasteiger partial charge >= 0.3 is 5.97 Å². The maximum atomic E-state index is 10.6. The lowest BCUT2D eigenvalue weighted by Crippen LogP contribution is -2.00. The first-order valence-corrected chi connectivity index (χ1v) is 5.80. The predicted molar refractivity (Wildman–Crippen MR) is 70.5 cm³/mol.